The molecule has 0 atom stereocenters. The first-order valence-electron chi connectivity index (χ1n) is 6.14. The molecule has 0 bridgehead atoms. The van der Waals surface area contributed by atoms with Gasteiger partial charge in [-0.05, 0) is 25.0 Å². The van der Waals surface area contributed by atoms with E-state index in [1.165, 1.54) is 20.4 Å². The van der Waals surface area contributed by atoms with Crippen LogP contribution in [0, 0.1) is 13.8 Å². The first-order chi connectivity index (χ1) is 9.58. The molecule has 104 valence electrons. The average Bonchev–Trinajstić information content (AvgIpc) is 2.46. The maximum absolute atomic E-state index is 12.6. The van der Waals surface area contributed by atoms with E-state index in [4.69, 9.17) is 9.47 Å². The lowest BCUT2D eigenvalue weighted by Crippen LogP contribution is -2.11. The molecule has 0 saturated carbocycles. The summed E-state index contributed by atoms with van der Waals surface area (Å²) in [5.41, 5.74) is 2.61. The van der Waals surface area contributed by atoms with Crippen molar-refractivity contribution in [1.29, 1.82) is 0 Å². The Labute approximate surface area is 117 Å². The topological polar surface area (TPSA) is 61.3 Å². The Bertz CT molecular complexity index is 633. The van der Waals surface area contributed by atoms with E-state index in [1.54, 1.807) is 0 Å². The highest BCUT2D eigenvalue weighted by molar-refractivity contribution is 6.10. The van der Waals surface area contributed by atoms with Crippen molar-refractivity contribution in [1.82, 2.24) is 9.97 Å². The zero-order chi connectivity index (χ0) is 14.7. The van der Waals surface area contributed by atoms with Crippen molar-refractivity contribution in [2.75, 3.05) is 14.2 Å². The number of aryl methyl sites for hydroxylation is 2. The summed E-state index contributed by atoms with van der Waals surface area (Å²) in [6.45, 7) is 3.79. The van der Waals surface area contributed by atoms with Crippen LogP contribution in [0.4, 0.5) is 0 Å². The summed E-state index contributed by atoms with van der Waals surface area (Å²) in [6.07, 6.45) is 1.41. The molecule has 0 N–H and O–H groups in total. The zero-order valence-electron chi connectivity index (χ0n) is 11.9. The minimum absolute atomic E-state index is 0.164. The van der Waals surface area contributed by atoms with E-state index in [0.29, 0.717) is 11.4 Å². The van der Waals surface area contributed by atoms with E-state index in [9.17, 15) is 4.79 Å². The number of ether oxygens (including phenoxy) is 2. The van der Waals surface area contributed by atoms with Gasteiger partial charge in [0.15, 0.2) is 5.69 Å². The van der Waals surface area contributed by atoms with Gasteiger partial charge in [-0.15, -0.1) is 0 Å². The third kappa shape index (κ3) is 2.47. The normalized spacial score (nSPS) is 10.2. The van der Waals surface area contributed by atoms with E-state index in [1.807, 2.05) is 32.0 Å². The first kappa shape index (κ1) is 14.0. The molecule has 0 saturated heterocycles. The fourth-order valence-corrected chi connectivity index (χ4v) is 2.04. The molecular formula is C15H16N2O3. The molecule has 0 aliphatic rings. The second-order valence-corrected chi connectivity index (χ2v) is 4.37. The van der Waals surface area contributed by atoms with Gasteiger partial charge in [0, 0.05) is 5.56 Å². The highest BCUT2D eigenvalue weighted by atomic mass is 16.5. The summed E-state index contributed by atoms with van der Waals surface area (Å²) in [6, 6.07) is 5.70. The van der Waals surface area contributed by atoms with E-state index < -0.39 is 0 Å². The van der Waals surface area contributed by atoms with Crippen LogP contribution in [0.1, 0.15) is 27.2 Å². The Balaban J connectivity index is 2.54. The lowest BCUT2D eigenvalue weighted by molar-refractivity contribution is 0.102. The monoisotopic (exact) mass is 272 g/mol. The third-order valence-electron chi connectivity index (χ3n) is 3.04. The van der Waals surface area contributed by atoms with Gasteiger partial charge in [0.1, 0.15) is 0 Å². The summed E-state index contributed by atoms with van der Waals surface area (Å²) >= 11 is 0. The molecule has 0 unspecified atom stereocenters. The van der Waals surface area contributed by atoms with Crippen LogP contribution in [0.2, 0.25) is 0 Å². The van der Waals surface area contributed by atoms with Crippen molar-refractivity contribution in [3.63, 3.8) is 0 Å². The van der Waals surface area contributed by atoms with Crippen LogP contribution in [0.15, 0.2) is 24.4 Å². The Morgan fingerprint density at radius 3 is 2.30 bits per heavy atom. The Kier molecular flexibility index (Phi) is 3.98. The van der Waals surface area contributed by atoms with Crippen LogP contribution in [-0.2, 0) is 0 Å². The number of carbonyl (C=O) groups is 1. The molecule has 0 spiro atoms. The summed E-state index contributed by atoms with van der Waals surface area (Å²) in [4.78, 5) is 20.8. The summed E-state index contributed by atoms with van der Waals surface area (Å²) in [7, 11) is 2.93. The van der Waals surface area contributed by atoms with Gasteiger partial charge in [0.05, 0.1) is 20.4 Å². The molecule has 0 fully saturated rings. The fourth-order valence-electron chi connectivity index (χ4n) is 2.04. The minimum Gasteiger partial charge on any atom is -0.480 e. The Morgan fingerprint density at radius 2 is 1.75 bits per heavy atom. The van der Waals surface area contributed by atoms with Crippen molar-refractivity contribution in [3.05, 3.63) is 46.8 Å². The number of carbonyl (C=O) groups excluding carboxylic acids is 1. The summed E-state index contributed by atoms with van der Waals surface area (Å²) in [5, 5.41) is 0. The molecule has 0 aliphatic carbocycles. The maximum atomic E-state index is 12.6. The van der Waals surface area contributed by atoms with Crippen LogP contribution in [0.5, 0.6) is 11.8 Å². The van der Waals surface area contributed by atoms with Gasteiger partial charge in [0.25, 0.3) is 0 Å². The number of aromatic nitrogens is 2. The Hall–Kier alpha value is -2.43. The van der Waals surface area contributed by atoms with E-state index in [-0.39, 0.29) is 17.4 Å². The van der Waals surface area contributed by atoms with E-state index >= 15 is 0 Å². The van der Waals surface area contributed by atoms with E-state index in [0.717, 1.165) is 11.1 Å². The standard InChI is InChI=1S/C15H16N2O3/c1-9-6-5-7-10(2)12(9)14(18)13-15(20-4)17-11(19-3)8-16-13/h5-8H,1-4H3. The minimum atomic E-state index is -0.201. The predicted molar refractivity (Wildman–Crippen MR) is 74.5 cm³/mol. The van der Waals surface area contributed by atoms with Crippen LogP contribution in [0.25, 0.3) is 0 Å². The zero-order valence-corrected chi connectivity index (χ0v) is 11.9. The van der Waals surface area contributed by atoms with E-state index in [2.05, 4.69) is 9.97 Å². The van der Waals surface area contributed by atoms with Crippen molar-refractivity contribution < 1.29 is 14.3 Å². The van der Waals surface area contributed by atoms with Crippen LogP contribution in [0.3, 0.4) is 0 Å². The molecule has 0 radical (unpaired) electrons. The molecule has 5 nitrogen and oxygen atoms in total. The highest BCUT2D eigenvalue weighted by Crippen LogP contribution is 2.23. The molecule has 2 aromatic rings. The SMILES string of the molecule is COc1cnc(C(=O)c2c(C)cccc2C)c(OC)n1. The van der Waals surface area contributed by atoms with Gasteiger partial charge < -0.3 is 9.47 Å². The lowest BCUT2D eigenvalue weighted by Gasteiger charge is -2.10. The number of nitrogens with zero attached hydrogens (tertiary/aromatic N) is 2. The molecule has 0 amide bonds. The number of hydrogen-bond acceptors (Lipinski definition) is 5. The average molecular weight is 272 g/mol. The number of rotatable bonds is 4. The van der Waals surface area contributed by atoms with Gasteiger partial charge in [-0.25, -0.2) is 4.98 Å². The van der Waals surface area contributed by atoms with Crippen LogP contribution < -0.4 is 9.47 Å². The molecule has 5 heteroatoms. The second-order valence-electron chi connectivity index (χ2n) is 4.37. The van der Waals surface area contributed by atoms with Crippen LogP contribution >= 0.6 is 0 Å². The summed E-state index contributed by atoms with van der Waals surface area (Å²) < 4.78 is 10.1. The van der Waals surface area contributed by atoms with Gasteiger partial charge >= 0.3 is 0 Å². The molecule has 20 heavy (non-hydrogen) atoms. The maximum Gasteiger partial charge on any atom is 0.247 e. The highest BCUT2D eigenvalue weighted by Gasteiger charge is 2.21. The molecule has 1 aromatic carbocycles. The van der Waals surface area contributed by atoms with Gasteiger partial charge in [-0.3, -0.25) is 4.79 Å². The molecule has 2 rings (SSSR count). The van der Waals surface area contributed by atoms with Gasteiger partial charge in [-0.2, -0.15) is 4.98 Å². The third-order valence-corrected chi connectivity index (χ3v) is 3.04. The summed E-state index contributed by atoms with van der Waals surface area (Å²) in [5.74, 6) is 0.268. The quantitative estimate of drug-likeness (QED) is 0.799. The largest absolute Gasteiger partial charge is 0.480 e. The van der Waals surface area contributed by atoms with Crippen molar-refractivity contribution in [2.45, 2.75) is 13.8 Å². The molecule has 1 aromatic heterocycles. The lowest BCUT2D eigenvalue weighted by atomic mass is 9.97. The van der Waals surface area contributed by atoms with Gasteiger partial charge in [0.2, 0.25) is 17.5 Å². The fraction of sp³-hybridized carbons (Fsp3) is 0.267. The van der Waals surface area contributed by atoms with Crippen molar-refractivity contribution in [2.24, 2.45) is 0 Å². The van der Waals surface area contributed by atoms with Crippen molar-refractivity contribution >= 4 is 5.78 Å². The number of benzene rings is 1. The Morgan fingerprint density at radius 1 is 1.10 bits per heavy atom. The number of methoxy groups -OCH3 is 2. The number of hydrogen-bond donors (Lipinski definition) is 0. The number of ketones is 1. The molecule has 1 heterocycles. The second kappa shape index (κ2) is 5.69. The van der Waals surface area contributed by atoms with Crippen LogP contribution in [-0.4, -0.2) is 30.0 Å². The first-order valence-corrected chi connectivity index (χ1v) is 6.14. The van der Waals surface area contributed by atoms with Gasteiger partial charge in [-0.1, -0.05) is 18.2 Å². The molecular weight excluding hydrogens is 256 g/mol. The van der Waals surface area contributed by atoms with Crippen molar-refractivity contribution in [3.8, 4) is 11.8 Å². The molecule has 0 aliphatic heterocycles. The predicted octanol–water partition coefficient (Wildman–Crippen LogP) is 2.34. The smallest absolute Gasteiger partial charge is 0.247 e.